The van der Waals surface area contributed by atoms with Gasteiger partial charge in [-0.2, -0.15) is 0 Å². The first-order chi connectivity index (χ1) is 14.9. The van der Waals surface area contributed by atoms with Crippen LogP contribution in [0.25, 0.3) is 11.1 Å². The summed E-state index contributed by atoms with van der Waals surface area (Å²) in [7, 11) is 0. The van der Waals surface area contributed by atoms with E-state index in [9.17, 15) is 24.9 Å². The molecule has 4 rings (SSSR count). The number of hydrogen-bond donors (Lipinski definition) is 3. The minimum absolute atomic E-state index is 0.0764. The van der Waals surface area contributed by atoms with Crippen LogP contribution in [0.5, 0.6) is 0 Å². The molecule has 3 heterocycles. The van der Waals surface area contributed by atoms with E-state index in [1.807, 2.05) is 43.3 Å². The Balaban J connectivity index is 1.67. The van der Waals surface area contributed by atoms with Crippen LogP contribution in [0.1, 0.15) is 17.5 Å². The maximum atomic E-state index is 13.0. The highest BCUT2D eigenvalue weighted by Gasteiger charge is 2.43. The zero-order valence-corrected chi connectivity index (χ0v) is 16.8. The molecule has 31 heavy (non-hydrogen) atoms. The molecule has 2 aromatic heterocycles. The van der Waals surface area contributed by atoms with Crippen LogP contribution in [0.3, 0.4) is 0 Å². The average Bonchev–Trinajstić information content (AvgIpc) is 3.05. The van der Waals surface area contributed by atoms with E-state index in [4.69, 9.17) is 4.74 Å². The van der Waals surface area contributed by atoms with Gasteiger partial charge in [-0.05, 0) is 30.2 Å². The molecule has 0 aliphatic carbocycles. The molecule has 0 amide bonds. The molecule has 4 atom stereocenters. The van der Waals surface area contributed by atoms with Crippen molar-refractivity contribution in [1.29, 1.82) is 0 Å². The summed E-state index contributed by atoms with van der Waals surface area (Å²) in [6, 6.07) is 12.8. The minimum Gasteiger partial charge on any atom is -0.394 e. The summed E-state index contributed by atoms with van der Waals surface area (Å²) in [4.78, 5) is 29.7. The number of ether oxygens (including phenoxy) is 1. The summed E-state index contributed by atoms with van der Waals surface area (Å²) in [6.45, 7) is 1.40. The first-order valence-corrected chi connectivity index (χ1v) is 9.85. The van der Waals surface area contributed by atoms with Crippen LogP contribution < -0.4 is 11.2 Å². The molecule has 1 unspecified atom stereocenters. The smallest absolute Gasteiger partial charge is 0.333 e. The van der Waals surface area contributed by atoms with Crippen molar-refractivity contribution >= 4 is 0 Å². The van der Waals surface area contributed by atoms with Gasteiger partial charge in [0.15, 0.2) is 6.23 Å². The van der Waals surface area contributed by atoms with Gasteiger partial charge in [-0.25, -0.2) is 4.79 Å². The van der Waals surface area contributed by atoms with Gasteiger partial charge in [-0.1, -0.05) is 29.8 Å². The largest absolute Gasteiger partial charge is 0.394 e. The van der Waals surface area contributed by atoms with Gasteiger partial charge in [0, 0.05) is 18.5 Å². The van der Waals surface area contributed by atoms with Crippen molar-refractivity contribution < 1.29 is 20.1 Å². The SMILES string of the molecule is Cc1cccc(-c2ccnc(Cn3c(=O)ccn([C@@H]4O[C@H](CO)[C@H](O)C4O)c3=O)c2)c1. The molecule has 1 aliphatic rings. The zero-order valence-electron chi connectivity index (χ0n) is 16.8. The maximum absolute atomic E-state index is 13.0. The molecule has 0 radical (unpaired) electrons. The fourth-order valence-electron chi connectivity index (χ4n) is 3.71. The lowest BCUT2D eigenvalue weighted by Gasteiger charge is -2.18. The van der Waals surface area contributed by atoms with Crippen LogP contribution in [-0.2, 0) is 11.3 Å². The van der Waals surface area contributed by atoms with Crippen molar-refractivity contribution in [3.63, 3.8) is 0 Å². The fraction of sp³-hybridized carbons (Fsp3) is 0.318. The number of aromatic nitrogens is 3. The molecule has 0 saturated carbocycles. The van der Waals surface area contributed by atoms with Crippen molar-refractivity contribution in [3.05, 3.63) is 87.0 Å². The highest BCUT2D eigenvalue weighted by atomic mass is 16.6. The van der Waals surface area contributed by atoms with Crippen molar-refractivity contribution in [3.8, 4) is 11.1 Å². The van der Waals surface area contributed by atoms with Crippen LogP contribution in [-0.4, -0.2) is 54.4 Å². The molecule has 0 spiro atoms. The Hall–Kier alpha value is -3.11. The molecular weight excluding hydrogens is 402 g/mol. The summed E-state index contributed by atoms with van der Waals surface area (Å²) in [5.74, 6) is 0. The molecule has 1 aliphatic heterocycles. The highest BCUT2D eigenvalue weighted by molar-refractivity contribution is 5.64. The van der Waals surface area contributed by atoms with E-state index >= 15 is 0 Å². The molecule has 1 fully saturated rings. The molecule has 162 valence electrons. The van der Waals surface area contributed by atoms with Gasteiger partial charge < -0.3 is 20.1 Å². The predicted molar refractivity (Wildman–Crippen MR) is 111 cm³/mol. The lowest BCUT2D eigenvalue weighted by Crippen LogP contribution is -2.43. The van der Waals surface area contributed by atoms with Gasteiger partial charge in [0.05, 0.1) is 18.8 Å². The number of aliphatic hydroxyl groups excluding tert-OH is 3. The van der Waals surface area contributed by atoms with E-state index in [2.05, 4.69) is 4.98 Å². The number of rotatable bonds is 5. The van der Waals surface area contributed by atoms with E-state index in [-0.39, 0.29) is 6.54 Å². The number of aryl methyl sites for hydroxylation is 1. The Morgan fingerprint density at radius 3 is 2.55 bits per heavy atom. The molecule has 3 aromatic rings. The number of benzene rings is 1. The molecule has 3 N–H and O–H groups in total. The summed E-state index contributed by atoms with van der Waals surface area (Å²) >= 11 is 0. The number of nitrogens with zero attached hydrogens (tertiary/aromatic N) is 3. The molecule has 9 nitrogen and oxygen atoms in total. The van der Waals surface area contributed by atoms with Crippen molar-refractivity contribution in [1.82, 2.24) is 14.1 Å². The first kappa shape index (κ1) is 21.1. The molecule has 0 bridgehead atoms. The van der Waals surface area contributed by atoms with Gasteiger partial charge in [-0.3, -0.25) is 18.9 Å². The van der Waals surface area contributed by atoms with E-state index in [1.165, 1.54) is 12.3 Å². The fourth-order valence-corrected chi connectivity index (χ4v) is 3.71. The standard InChI is InChI=1S/C22H23N3O6/c1-13-3-2-4-14(9-13)15-5-7-23-16(10-15)11-25-18(27)6-8-24(22(25)30)21-20(29)19(28)17(12-26)31-21/h2-10,17,19-21,26,28-29H,11-12H2,1H3/t17-,19+,20?,21-/m1/s1. The predicted octanol–water partition coefficient (Wildman–Crippen LogP) is 0.0402. The normalized spacial score (nSPS) is 23.2. The number of pyridine rings is 1. The summed E-state index contributed by atoms with van der Waals surface area (Å²) in [6.07, 6.45) is -2.21. The van der Waals surface area contributed by atoms with Gasteiger partial charge >= 0.3 is 5.69 Å². The third-order valence-corrected chi connectivity index (χ3v) is 5.37. The second kappa shape index (κ2) is 8.56. The molecule has 1 aromatic carbocycles. The number of hydrogen-bond acceptors (Lipinski definition) is 7. The third kappa shape index (κ3) is 4.08. The Morgan fingerprint density at radius 1 is 1.06 bits per heavy atom. The molecule has 9 heteroatoms. The summed E-state index contributed by atoms with van der Waals surface area (Å²) in [5, 5.41) is 29.5. The Bertz CT molecular complexity index is 1200. The third-order valence-electron chi connectivity index (χ3n) is 5.37. The quantitative estimate of drug-likeness (QED) is 0.527. The van der Waals surface area contributed by atoms with Crippen LogP contribution in [0.4, 0.5) is 0 Å². The monoisotopic (exact) mass is 425 g/mol. The van der Waals surface area contributed by atoms with Crippen molar-refractivity contribution in [2.75, 3.05) is 6.61 Å². The van der Waals surface area contributed by atoms with Gasteiger partial charge in [0.25, 0.3) is 5.56 Å². The second-order valence-corrected chi connectivity index (χ2v) is 7.56. The summed E-state index contributed by atoms with van der Waals surface area (Å²) < 4.78 is 7.44. The molecular formula is C22H23N3O6. The van der Waals surface area contributed by atoms with Gasteiger partial charge in [0.1, 0.15) is 18.3 Å². The zero-order chi connectivity index (χ0) is 22.1. The minimum atomic E-state index is -1.43. The lowest BCUT2D eigenvalue weighted by molar-refractivity contribution is -0.0555. The Labute approximate surface area is 177 Å². The Kier molecular flexibility index (Phi) is 5.84. The lowest BCUT2D eigenvalue weighted by atomic mass is 10.0. The van der Waals surface area contributed by atoms with Gasteiger partial charge in [-0.15, -0.1) is 0 Å². The van der Waals surface area contributed by atoms with Gasteiger partial charge in [0.2, 0.25) is 0 Å². The first-order valence-electron chi connectivity index (χ1n) is 9.85. The maximum Gasteiger partial charge on any atom is 0.333 e. The topological polar surface area (TPSA) is 127 Å². The summed E-state index contributed by atoms with van der Waals surface area (Å²) in [5.41, 5.74) is 2.27. The van der Waals surface area contributed by atoms with Crippen LogP contribution >= 0.6 is 0 Å². The van der Waals surface area contributed by atoms with Crippen molar-refractivity contribution in [2.45, 2.75) is 38.0 Å². The van der Waals surface area contributed by atoms with Crippen LogP contribution in [0, 0.1) is 6.92 Å². The van der Waals surface area contributed by atoms with Crippen molar-refractivity contribution in [2.24, 2.45) is 0 Å². The second-order valence-electron chi connectivity index (χ2n) is 7.56. The van der Waals surface area contributed by atoms with E-state index in [1.54, 1.807) is 6.20 Å². The molecule has 1 saturated heterocycles. The Morgan fingerprint density at radius 2 is 1.84 bits per heavy atom. The van der Waals surface area contributed by atoms with E-state index in [0.717, 1.165) is 25.8 Å². The number of aliphatic hydroxyl groups is 3. The van der Waals surface area contributed by atoms with E-state index < -0.39 is 42.4 Å². The van der Waals surface area contributed by atoms with E-state index in [0.29, 0.717) is 5.69 Å². The van der Waals surface area contributed by atoms with Crippen LogP contribution in [0.15, 0.2) is 64.4 Å². The average molecular weight is 425 g/mol. The highest BCUT2D eigenvalue weighted by Crippen LogP contribution is 2.28. The van der Waals surface area contributed by atoms with Crippen LogP contribution in [0.2, 0.25) is 0 Å².